The fraction of sp³-hybridized carbons (Fsp3) is 0.788. The van der Waals surface area contributed by atoms with Crippen molar-refractivity contribution in [3.8, 4) is 5.75 Å². The lowest BCUT2D eigenvalue weighted by Crippen LogP contribution is -2.29. The van der Waals surface area contributed by atoms with Crippen LogP contribution in [0.2, 0.25) is 0 Å². The number of hydrogen-bond acceptors (Lipinski definition) is 2. The minimum absolute atomic E-state index is 0.181. The molecule has 0 aliphatic rings. The third-order valence-electron chi connectivity index (χ3n) is 7.44. The number of hydrogen-bond donors (Lipinski definition) is 3. The summed E-state index contributed by atoms with van der Waals surface area (Å²) >= 11 is 0. The van der Waals surface area contributed by atoms with Gasteiger partial charge in [-0.2, -0.15) is 0 Å². The number of amides is 2. The predicted molar refractivity (Wildman–Crippen MR) is 162 cm³/mol. The lowest BCUT2D eigenvalue weighted by Gasteiger charge is -2.07. The maximum absolute atomic E-state index is 11.8. The summed E-state index contributed by atoms with van der Waals surface area (Å²) in [6.07, 6.45) is 33.5. The zero-order chi connectivity index (χ0) is 26.7. The highest BCUT2D eigenvalue weighted by molar-refractivity contribution is 5.89. The summed E-state index contributed by atoms with van der Waals surface area (Å²) in [5.41, 5.74) is 0.690. The number of anilines is 1. The molecule has 0 saturated carbocycles. The molecular weight excluding hydrogens is 456 g/mol. The van der Waals surface area contributed by atoms with Crippen LogP contribution in [0.1, 0.15) is 161 Å². The Morgan fingerprint density at radius 3 is 1.22 bits per heavy atom. The molecular formula is C33H60N2O2. The Balaban J connectivity index is 1.69. The van der Waals surface area contributed by atoms with Crippen molar-refractivity contribution in [3.63, 3.8) is 0 Å². The zero-order valence-electron chi connectivity index (χ0n) is 24.3. The number of nitrogens with one attached hydrogen (secondary N) is 2. The Morgan fingerprint density at radius 1 is 0.541 bits per heavy atom. The molecule has 0 fully saturated rings. The van der Waals surface area contributed by atoms with Crippen molar-refractivity contribution in [1.29, 1.82) is 0 Å². The highest BCUT2D eigenvalue weighted by atomic mass is 16.3. The van der Waals surface area contributed by atoms with E-state index in [1.807, 2.05) is 0 Å². The molecule has 3 N–H and O–H groups in total. The van der Waals surface area contributed by atoms with Gasteiger partial charge < -0.3 is 15.7 Å². The van der Waals surface area contributed by atoms with Gasteiger partial charge in [-0.15, -0.1) is 0 Å². The van der Waals surface area contributed by atoms with Gasteiger partial charge in [0, 0.05) is 12.2 Å². The fourth-order valence-corrected chi connectivity index (χ4v) is 5.01. The number of rotatable bonds is 26. The van der Waals surface area contributed by atoms with Crippen LogP contribution in [-0.4, -0.2) is 17.7 Å². The first-order valence-electron chi connectivity index (χ1n) is 16.1. The molecule has 0 bridgehead atoms. The molecule has 0 saturated heterocycles. The number of urea groups is 1. The average molecular weight is 517 g/mol. The second kappa shape index (κ2) is 25.9. The van der Waals surface area contributed by atoms with E-state index in [1.54, 1.807) is 24.3 Å². The van der Waals surface area contributed by atoms with Gasteiger partial charge in [-0.1, -0.05) is 155 Å². The molecule has 214 valence electrons. The molecule has 0 aliphatic heterocycles. The van der Waals surface area contributed by atoms with E-state index in [9.17, 15) is 9.90 Å². The van der Waals surface area contributed by atoms with Gasteiger partial charge in [-0.05, 0) is 30.7 Å². The smallest absolute Gasteiger partial charge is 0.319 e. The first-order valence-corrected chi connectivity index (χ1v) is 16.1. The van der Waals surface area contributed by atoms with E-state index in [-0.39, 0.29) is 11.8 Å². The first-order chi connectivity index (χ1) is 18.2. The number of carbonyl (C=O) groups is 1. The lowest BCUT2D eigenvalue weighted by molar-refractivity contribution is 0.252. The summed E-state index contributed by atoms with van der Waals surface area (Å²) in [5, 5.41) is 14.9. The maximum atomic E-state index is 11.8. The van der Waals surface area contributed by atoms with Crippen LogP contribution in [0.3, 0.4) is 0 Å². The van der Waals surface area contributed by atoms with Gasteiger partial charge in [0.1, 0.15) is 5.75 Å². The Kier molecular flexibility index (Phi) is 23.3. The molecule has 0 aliphatic carbocycles. The minimum atomic E-state index is -0.181. The van der Waals surface area contributed by atoms with Crippen molar-refractivity contribution in [1.82, 2.24) is 5.32 Å². The van der Waals surface area contributed by atoms with E-state index in [0.29, 0.717) is 12.2 Å². The largest absolute Gasteiger partial charge is 0.508 e. The summed E-state index contributed by atoms with van der Waals surface area (Å²) in [6, 6.07) is 6.33. The maximum Gasteiger partial charge on any atom is 0.319 e. The van der Waals surface area contributed by atoms with Crippen LogP contribution in [0.4, 0.5) is 10.5 Å². The predicted octanol–water partition coefficient (Wildman–Crippen LogP) is 10.9. The van der Waals surface area contributed by atoms with Gasteiger partial charge in [0.05, 0.1) is 0 Å². The molecule has 0 radical (unpaired) electrons. The number of phenols is 1. The zero-order valence-corrected chi connectivity index (χ0v) is 24.3. The van der Waals surface area contributed by atoms with Crippen molar-refractivity contribution in [2.75, 3.05) is 11.9 Å². The van der Waals surface area contributed by atoms with E-state index in [4.69, 9.17) is 0 Å². The van der Waals surface area contributed by atoms with Crippen molar-refractivity contribution < 1.29 is 9.90 Å². The Morgan fingerprint density at radius 2 is 0.865 bits per heavy atom. The number of aromatic hydroxyl groups is 1. The highest BCUT2D eigenvalue weighted by Gasteiger charge is 2.01. The molecule has 0 unspecified atom stereocenters. The molecule has 4 heteroatoms. The summed E-state index contributed by atoms with van der Waals surface area (Å²) < 4.78 is 0. The third-order valence-corrected chi connectivity index (χ3v) is 7.44. The van der Waals surface area contributed by atoms with Gasteiger partial charge in [-0.3, -0.25) is 0 Å². The van der Waals surface area contributed by atoms with Crippen LogP contribution in [0.25, 0.3) is 0 Å². The summed E-state index contributed by atoms with van der Waals surface area (Å²) in [4.78, 5) is 11.8. The lowest BCUT2D eigenvalue weighted by atomic mass is 10.0. The van der Waals surface area contributed by atoms with Crippen LogP contribution in [-0.2, 0) is 0 Å². The molecule has 37 heavy (non-hydrogen) atoms. The van der Waals surface area contributed by atoms with Crippen LogP contribution < -0.4 is 10.6 Å². The second-order valence-corrected chi connectivity index (χ2v) is 11.1. The Hall–Kier alpha value is -1.71. The van der Waals surface area contributed by atoms with Crippen LogP contribution in [0.5, 0.6) is 5.75 Å². The number of phenolic OH excluding ortho intramolecular Hbond substituents is 1. The molecule has 1 aromatic rings. The molecule has 0 aromatic heterocycles. The Labute approximate surface area is 229 Å². The van der Waals surface area contributed by atoms with Gasteiger partial charge in [0.25, 0.3) is 0 Å². The van der Waals surface area contributed by atoms with Gasteiger partial charge in [0.2, 0.25) is 0 Å². The van der Waals surface area contributed by atoms with Crippen molar-refractivity contribution >= 4 is 11.7 Å². The molecule has 0 atom stereocenters. The van der Waals surface area contributed by atoms with E-state index >= 15 is 0 Å². The van der Waals surface area contributed by atoms with Crippen molar-refractivity contribution in [3.05, 3.63) is 24.3 Å². The SMILES string of the molecule is CCCCCCCCCCCCCCCCCCCCCCCCCCNC(=O)Nc1ccc(O)cc1. The van der Waals surface area contributed by atoms with Crippen LogP contribution >= 0.6 is 0 Å². The number of unbranched alkanes of at least 4 members (excludes halogenated alkanes) is 23. The minimum Gasteiger partial charge on any atom is -0.508 e. The monoisotopic (exact) mass is 516 g/mol. The molecule has 0 spiro atoms. The molecule has 4 nitrogen and oxygen atoms in total. The quantitative estimate of drug-likeness (QED) is 0.0846. The summed E-state index contributed by atoms with van der Waals surface area (Å²) in [5.74, 6) is 0.200. The van der Waals surface area contributed by atoms with Gasteiger partial charge in [-0.25, -0.2) is 4.79 Å². The number of carbonyl (C=O) groups excluding carboxylic acids is 1. The van der Waals surface area contributed by atoms with Gasteiger partial charge in [0.15, 0.2) is 0 Å². The van der Waals surface area contributed by atoms with Crippen LogP contribution in [0, 0.1) is 0 Å². The number of benzene rings is 1. The second-order valence-electron chi connectivity index (χ2n) is 11.1. The molecule has 1 aromatic carbocycles. The highest BCUT2D eigenvalue weighted by Crippen LogP contribution is 2.16. The first kappa shape index (κ1) is 33.3. The van der Waals surface area contributed by atoms with Crippen LogP contribution in [0.15, 0.2) is 24.3 Å². The van der Waals surface area contributed by atoms with Crippen molar-refractivity contribution in [2.45, 2.75) is 161 Å². The summed E-state index contributed by atoms with van der Waals surface area (Å²) in [7, 11) is 0. The van der Waals surface area contributed by atoms with Gasteiger partial charge >= 0.3 is 6.03 Å². The molecule has 1 rings (SSSR count). The van der Waals surface area contributed by atoms with E-state index < -0.39 is 0 Å². The van der Waals surface area contributed by atoms with E-state index in [2.05, 4.69) is 17.6 Å². The summed E-state index contributed by atoms with van der Waals surface area (Å²) in [6.45, 7) is 3.01. The average Bonchev–Trinajstić information content (AvgIpc) is 2.90. The fourth-order valence-electron chi connectivity index (χ4n) is 5.01. The third kappa shape index (κ3) is 23.2. The van der Waals surface area contributed by atoms with Crippen molar-refractivity contribution in [2.24, 2.45) is 0 Å². The van der Waals surface area contributed by atoms with E-state index in [1.165, 1.54) is 148 Å². The molecule has 0 heterocycles. The van der Waals surface area contributed by atoms with E-state index in [0.717, 1.165) is 6.42 Å². The molecule has 2 amide bonds. The normalized spacial score (nSPS) is 11.1. The standard InChI is InChI=1S/C33H60N2O2/c1-2-3-4-5-6-7-8-9-10-11-12-13-14-15-16-17-18-19-20-21-22-23-24-25-30-34-33(37)35-31-26-28-32(36)29-27-31/h26-29,36H,2-25,30H2,1H3,(H2,34,35,37). The Bertz CT molecular complexity index is 617. The topological polar surface area (TPSA) is 61.4 Å².